The highest BCUT2D eigenvalue weighted by Crippen LogP contribution is 2.41. The number of amides is 1. The molecule has 2 fully saturated rings. The molecule has 2 aliphatic heterocycles. The van der Waals surface area contributed by atoms with Gasteiger partial charge in [-0.1, -0.05) is 38.1 Å². The minimum atomic E-state index is -4.01. The predicted molar refractivity (Wildman–Crippen MR) is 120 cm³/mol. The van der Waals surface area contributed by atoms with E-state index >= 15 is 0 Å². The van der Waals surface area contributed by atoms with Crippen LogP contribution in [0.4, 0.5) is 23.5 Å². The van der Waals surface area contributed by atoms with E-state index in [1.165, 1.54) is 0 Å². The molecule has 0 saturated carbocycles. The fourth-order valence-electron chi connectivity index (χ4n) is 4.64. The van der Waals surface area contributed by atoms with Gasteiger partial charge in [0.05, 0.1) is 30.7 Å². The summed E-state index contributed by atoms with van der Waals surface area (Å²) in [7, 11) is 0. The summed E-state index contributed by atoms with van der Waals surface area (Å²) in [5.74, 6) is -7.47. The lowest BCUT2D eigenvalue weighted by atomic mass is 9.84. The van der Waals surface area contributed by atoms with Crippen molar-refractivity contribution in [2.75, 3.05) is 25.0 Å². The van der Waals surface area contributed by atoms with Crippen LogP contribution in [0, 0.1) is 11.8 Å². The van der Waals surface area contributed by atoms with Gasteiger partial charge in [0.1, 0.15) is 0 Å². The quantitative estimate of drug-likeness (QED) is 0.582. The molecule has 2 aliphatic rings. The Kier molecular flexibility index (Phi) is 6.54. The maximum absolute atomic E-state index is 13.4. The Hall–Kier alpha value is -2.75. The molecule has 2 aromatic rings. The van der Waals surface area contributed by atoms with Crippen LogP contribution in [0.3, 0.4) is 0 Å². The Bertz CT molecular complexity index is 1010. The van der Waals surface area contributed by atoms with Gasteiger partial charge in [-0.3, -0.25) is 9.69 Å². The Balaban J connectivity index is 1.40. The molecule has 1 amide bonds. The molecule has 2 N–H and O–H groups in total. The predicted octanol–water partition coefficient (Wildman–Crippen LogP) is 4.22. The summed E-state index contributed by atoms with van der Waals surface area (Å²) in [6, 6.07) is 8.72. The Labute approximate surface area is 196 Å². The van der Waals surface area contributed by atoms with Gasteiger partial charge >= 0.3 is 11.8 Å². The summed E-state index contributed by atoms with van der Waals surface area (Å²) < 4.78 is 53.7. The van der Waals surface area contributed by atoms with Gasteiger partial charge in [0.25, 0.3) is 0 Å². The molecule has 3 heterocycles. The number of likely N-dealkylation sites (tertiary alicyclic amines) is 1. The molecular weight excluding hydrogens is 450 g/mol. The van der Waals surface area contributed by atoms with Crippen LogP contribution in [-0.4, -0.2) is 52.3 Å². The fraction of sp³-hybridized carbons (Fsp3) is 0.542. The standard InChI is InChI=1S/C24H29F4N5O/c1-14(2)18-10-30-21(34)20(18)19-8-9-29-22(32-19)31-15(3)17-6-4-16(5-7-17)11-33-12-23(25,26)24(27,28)13-33/h4-9,14-15,18,20H,10-13H2,1-3H3,(H,30,34)(H,29,31,32)/t15-,18?,20-/m0/s1. The number of hydrogen-bond acceptors (Lipinski definition) is 5. The smallest absolute Gasteiger partial charge is 0.323 e. The van der Waals surface area contributed by atoms with E-state index in [0.717, 1.165) is 10.5 Å². The number of anilines is 1. The largest absolute Gasteiger partial charge is 0.355 e. The molecular formula is C24H29F4N5O. The zero-order chi connectivity index (χ0) is 24.7. The highest BCUT2D eigenvalue weighted by Gasteiger charge is 2.62. The molecule has 0 radical (unpaired) electrons. The van der Waals surface area contributed by atoms with Gasteiger partial charge in [0.15, 0.2) is 0 Å². The first-order valence-corrected chi connectivity index (χ1v) is 11.4. The first-order chi connectivity index (χ1) is 16.0. The van der Waals surface area contributed by atoms with Crippen LogP contribution >= 0.6 is 0 Å². The third kappa shape index (κ3) is 4.87. The van der Waals surface area contributed by atoms with E-state index in [2.05, 4.69) is 34.4 Å². The van der Waals surface area contributed by atoms with Gasteiger partial charge in [-0.05, 0) is 36.0 Å². The third-order valence-corrected chi connectivity index (χ3v) is 6.69. The van der Waals surface area contributed by atoms with Crippen LogP contribution in [0.1, 0.15) is 49.6 Å². The molecule has 1 unspecified atom stereocenters. The minimum Gasteiger partial charge on any atom is -0.355 e. The summed E-state index contributed by atoms with van der Waals surface area (Å²) in [4.78, 5) is 22.3. The first-order valence-electron chi connectivity index (χ1n) is 11.4. The van der Waals surface area contributed by atoms with Crippen molar-refractivity contribution in [2.24, 2.45) is 11.8 Å². The van der Waals surface area contributed by atoms with Gasteiger partial charge < -0.3 is 10.6 Å². The lowest BCUT2D eigenvalue weighted by Crippen LogP contribution is -2.38. The van der Waals surface area contributed by atoms with E-state index in [4.69, 9.17) is 0 Å². The number of carbonyl (C=O) groups excluding carboxylic acids is 1. The van der Waals surface area contributed by atoms with E-state index in [-0.39, 0.29) is 30.3 Å². The van der Waals surface area contributed by atoms with Crippen molar-refractivity contribution in [1.82, 2.24) is 20.2 Å². The molecule has 34 heavy (non-hydrogen) atoms. The van der Waals surface area contributed by atoms with Gasteiger partial charge in [-0.15, -0.1) is 0 Å². The monoisotopic (exact) mass is 479 g/mol. The van der Waals surface area contributed by atoms with E-state index in [9.17, 15) is 22.4 Å². The Morgan fingerprint density at radius 1 is 1.09 bits per heavy atom. The molecule has 3 atom stereocenters. The number of carbonyl (C=O) groups is 1. The van der Waals surface area contributed by atoms with Crippen LogP contribution in [0.15, 0.2) is 36.5 Å². The fourth-order valence-corrected chi connectivity index (χ4v) is 4.64. The molecule has 6 nitrogen and oxygen atoms in total. The van der Waals surface area contributed by atoms with E-state index in [1.54, 1.807) is 24.4 Å². The molecule has 0 bridgehead atoms. The second kappa shape index (κ2) is 9.13. The molecule has 0 aliphatic carbocycles. The normalized spacial score (nSPS) is 24.9. The van der Waals surface area contributed by atoms with Crippen LogP contribution < -0.4 is 10.6 Å². The SMILES string of the molecule is CC(C)C1CNC(=O)[C@@H]1c1ccnc(N[C@@H](C)c2ccc(CN3CC(F)(F)C(F)(F)C3)cc2)n1. The average Bonchev–Trinajstić information content (AvgIpc) is 3.24. The van der Waals surface area contributed by atoms with Crippen LogP contribution in [-0.2, 0) is 11.3 Å². The van der Waals surface area contributed by atoms with Crippen LogP contribution in [0.25, 0.3) is 0 Å². The number of nitrogens with zero attached hydrogens (tertiary/aromatic N) is 3. The maximum Gasteiger partial charge on any atom is 0.323 e. The van der Waals surface area contributed by atoms with E-state index in [0.29, 0.717) is 29.7 Å². The van der Waals surface area contributed by atoms with Crippen molar-refractivity contribution in [3.05, 3.63) is 53.3 Å². The van der Waals surface area contributed by atoms with Crippen molar-refractivity contribution in [1.29, 1.82) is 0 Å². The molecule has 2 saturated heterocycles. The number of halogens is 4. The van der Waals surface area contributed by atoms with E-state index < -0.39 is 24.9 Å². The zero-order valence-corrected chi connectivity index (χ0v) is 19.4. The second-order valence-corrected chi connectivity index (χ2v) is 9.60. The number of aromatic nitrogens is 2. The minimum absolute atomic E-state index is 0.0267. The molecule has 10 heteroatoms. The summed E-state index contributed by atoms with van der Waals surface area (Å²) in [6.45, 7) is 4.85. The van der Waals surface area contributed by atoms with Crippen molar-refractivity contribution >= 4 is 11.9 Å². The Morgan fingerprint density at radius 3 is 2.35 bits per heavy atom. The summed E-state index contributed by atoms with van der Waals surface area (Å²) >= 11 is 0. The Morgan fingerprint density at radius 2 is 1.74 bits per heavy atom. The van der Waals surface area contributed by atoms with Gasteiger partial charge in [-0.25, -0.2) is 9.97 Å². The van der Waals surface area contributed by atoms with Crippen molar-refractivity contribution < 1.29 is 22.4 Å². The summed E-state index contributed by atoms with van der Waals surface area (Å²) in [6.07, 6.45) is 1.63. The van der Waals surface area contributed by atoms with Gasteiger partial charge in [-0.2, -0.15) is 17.6 Å². The molecule has 184 valence electrons. The van der Waals surface area contributed by atoms with Gasteiger partial charge in [0.2, 0.25) is 11.9 Å². The number of alkyl halides is 4. The molecule has 0 spiro atoms. The summed E-state index contributed by atoms with van der Waals surface area (Å²) in [5.41, 5.74) is 2.25. The number of benzene rings is 1. The summed E-state index contributed by atoms with van der Waals surface area (Å²) in [5, 5.41) is 6.15. The highest BCUT2D eigenvalue weighted by molar-refractivity contribution is 5.85. The number of nitrogens with one attached hydrogen (secondary N) is 2. The third-order valence-electron chi connectivity index (χ3n) is 6.69. The van der Waals surface area contributed by atoms with E-state index in [1.807, 2.05) is 19.1 Å². The van der Waals surface area contributed by atoms with Crippen LogP contribution in [0.2, 0.25) is 0 Å². The lowest BCUT2D eigenvalue weighted by molar-refractivity contribution is -0.172. The second-order valence-electron chi connectivity index (χ2n) is 9.60. The molecule has 4 rings (SSSR count). The van der Waals surface area contributed by atoms with Crippen molar-refractivity contribution in [3.63, 3.8) is 0 Å². The lowest BCUT2D eigenvalue weighted by Gasteiger charge is -2.21. The number of hydrogen-bond donors (Lipinski definition) is 2. The molecule has 1 aromatic heterocycles. The van der Waals surface area contributed by atoms with Crippen molar-refractivity contribution in [3.8, 4) is 0 Å². The maximum atomic E-state index is 13.4. The zero-order valence-electron chi connectivity index (χ0n) is 19.4. The highest BCUT2D eigenvalue weighted by atomic mass is 19.3. The average molecular weight is 480 g/mol. The van der Waals surface area contributed by atoms with Gasteiger partial charge in [0, 0.05) is 19.3 Å². The topological polar surface area (TPSA) is 70.2 Å². The number of rotatable bonds is 7. The molecule has 1 aromatic carbocycles. The van der Waals surface area contributed by atoms with Crippen LogP contribution in [0.5, 0.6) is 0 Å². The van der Waals surface area contributed by atoms with Crippen molar-refractivity contribution in [2.45, 2.75) is 51.1 Å². The first kappa shape index (κ1) is 24.4.